The van der Waals surface area contributed by atoms with Crippen molar-refractivity contribution < 1.29 is 13.5 Å². The van der Waals surface area contributed by atoms with Crippen molar-refractivity contribution in [3.05, 3.63) is 29.3 Å². The first-order valence-electron chi connectivity index (χ1n) is 7.31. The molecule has 5 heteroatoms. The van der Waals surface area contributed by atoms with Crippen LogP contribution in [0.1, 0.15) is 43.2 Å². The maximum Gasteiger partial charge on any atom is 0.241 e. The van der Waals surface area contributed by atoms with Crippen LogP contribution in [0.15, 0.2) is 23.1 Å². The number of nitrogens with one attached hydrogen (secondary N) is 1. The number of hydrogen-bond acceptors (Lipinski definition) is 3. The number of aryl methyl sites for hydroxylation is 2. The number of sulfonamides is 1. The Hall–Kier alpha value is -0.910. The topological polar surface area (TPSA) is 66.4 Å². The Morgan fingerprint density at radius 3 is 2.40 bits per heavy atom. The van der Waals surface area contributed by atoms with Crippen molar-refractivity contribution >= 4 is 10.0 Å². The van der Waals surface area contributed by atoms with E-state index in [4.69, 9.17) is 0 Å². The van der Waals surface area contributed by atoms with Gasteiger partial charge in [0.2, 0.25) is 10.0 Å². The summed E-state index contributed by atoms with van der Waals surface area (Å²) in [6.45, 7) is -0.128. The van der Waals surface area contributed by atoms with Crippen LogP contribution in [-0.4, -0.2) is 25.7 Å². The quantitative estimate of drug-likeness (QED) is 0.889. The molecule has 0 spiro atoms. The molecule has 2 N–H and O–H groups in total. The second-order valence-electron chi connectivity index (χ2n) is 6.04. The summed E-state index contributed by atoms with van der Waals surface area (Å²) in [5, 5.41) is 9.41. The summed E-state index contributed by atoms with van der Waals surface area (Å²) in [7, 11) is -3.53. The highest BCUT2D eigenvalue weighted by Crippen LogP contribution is 2.33. The first-order valence-corrected chi connectivity index (χ1v) is 8.80. The van der Waals surface area contributed by atoms with Gasteiger partial charge in [-0.05, 0) is 68.2 Å². The molecule has 0 saturated heterocycles. The molecule has 3 rings (SSSR count). The van der Waals surface area contributed by atoms with Gasteiger partial charge in [0.05, 0.1) is 17.0 Å². The highest BCUT2D eigenvalue weighted by molar-refractivity contribution is 7.89. The van der Waals surface area contributed by atoms with E-state index >= 15 is 0 Å². The fraction of sp³-hybridized carbons (Fsp3) is 0.600. The molecule has 2 aliphatic rings. The molecule has 110 valence electrons. The van der Waals surface area contributed by atoms with Crippen LogP contribution < -0.4 is 4.72 Å². The van der Waals surface area contributed by atoms with Gasteiger partial charge in [0, 0.05) is 0 Å². The third kappa shape index (κ3) is 2.50. The van der Waals surface area contributed by atoms with Gasteiger partial charge in [-0.2, -0.15) is 0 Å². The second kappa shape index (κ2) is 5.13. The van der Waals surface area contributed by atoms with Gasteiger partial charge in [-0.15, -0.1) is 0 Å². The molecule has 1 saturated carbocycles. The molecule has 2 aliphatic carbocycles. The van der Waals surface area contributed by atoms with Crippen molar-refractivity contribution in [3.8, 4) is 0 Å². The molecule has 0 atom stereocenters. The number of hydrogen-bond donors (Lipinski definition) is 2. The standard InChI is InChI=1S/C15H21NO3S/c17-11-15(8-3-9-15)16-20(18,19)14-7-6-12-4-1-2-5-13(12)10-14/h6-7,10,16-17H,1-5,8-9,11H2. The van der Waals surface area contributed by atoms with Gasteiger partial charge in [-0.25, -0.2) is 13.1 Å². The zero-order valence-electron chi connectivity index (χ0n) is 11.6. The SMILES string of the molecule is O=S(=O)(NC1(CO)CCC1)c1ccc2c(c1)CCCC2. The van der Waals surface area contributed by atoms with Crippen LogP contribution in [0.3, 0.4) is 0 Å². The van der Waals surface area contributed by atoms with Gasteiger partial charge in [0.25, 0.3) is 0 Å². The first kappa shape index (κ1) is 14.0. The van der Waals surface area contributed by atoms with E-state index in [1.807, 2.05) is 6.07 Å². The van der Waals surface area contributed by atoms with Crippen LogP contribution >= 0.6 is 0 Å². The Labute approximate surface area is 120 Å². The van der Waals surface area contributed by atoms with E-state index in [-0.39, 0.29) is 6.61 Å². The molecular formula is C15H21NO3S. The molecule has 0 aliphatic heterocycles. The maximum atomic E-state index is 12.5. The number of aliphatic hydroxyl groups excluding tert-OH is 1. The number of rotatable bonds is 4. The lowest BCUT2D eigenvalue weighted by molar-refractivity contribution is 0.110. The fourth-order valence-electron chi connectivity index (χ4n) is 3.12. The molecule has 1 aromatic carbocycles. The van der Waals surface area contributed by atoms with Crippen LogP contribution in [-0.2, 0) is 22.9 Å². The zero-order valence-corrected chi connectivity index (χ0v) is 12.4. The molecule has 4 nitrogen and oxygen atoms in total. The number of fused-ring (bicyclic) bond motifs is 1. The summed E-state index contributed by atoms with van der Waals surface area (Å²) in [5.41, 5.74) is 1.80. The molecule has 0 bridgehead atoms. The molecule has 0 radical (unpaired) electrons. The largest absolute Gasteiger partial charge is 0.394 e. The Morgan fingerprint density at radius 1 is 1.10 bits per heavy atom. The first-order chi connectivity index (χ1) is 9.55. The smallest absolute Gasteiger partial charge is 0.241 e. The molecule has 0 unspecified atom stereocenters. The van der Waals surface area contributed by atoms with E-state index in [9.17, 15) is 13.5 Å². The molecular weight excluding hydrogens is 274 g/mol. The van der Waals surface area contributed by atoms with Crippen LogP contribution in [0.25, 0.3) is 0 Å². The van der Waals surface area contributed by atoms with Crippen molar-refractivity contribution in [2.24, 2.45) is 0 Å². The molecule has 1 fully saturated rings. The van der Waals surface area contributed by atoms with Gasteiger partial charge in [-0.1, -0.05) is 6.07 Å². The monoisotopic (exact) mass is 295 g/mol. The summed E-state index contributed by atoms with van der Waals surface area (Å²) in [5.74, 6) is 0. The molecule has 1 aromatic rings. The van der Waals surface area contributed by atoms with Crippen molar-refractivity contribution in [2.45, 2.75) is 55.4 Å². The minimum absolute atomic E-state index is 0.128. The maximum absolute atomic E-state index is 12.5. The van der Waals surface area contributed by atoms with E-state index < -0.39 is 15.6 Å². The van der Waals surface area contributed by atoms with Crippen LogP contribution in [0.4, 0.5) is 0 Å². The minimum Gasteiger partial charge on any atom is -0.394 e. The summed E-state index contributed by atoms with van der Waals surface area (Å²) < 4.78 is 27.6. The number of aliphatic hydroxyl groups is 1. The third-order valence-electron chi connectivity index (χ3n) is 4.59. The third-order valence-corrected chi connectivity index (χ3v) is 6.17. The second-order valence-corrected chi connectivity index (χ2v) is 7.72. The normalized spacial score (nSPS) is 21.1. The lowest BCUT2D eigenvalue weighted by Crippen LogP contribution is -2.55. The van der Waals surface area contributed by atoms with Crippen LogP contribution in [0.5, 0.6) is 0 Å². The van der Waals surface area contributed by atoms with Gasteiger partial charge < -0.3 is 5.11 Å². The average molecular weight is 295 g/mol. The highest BCUT2D eigenvalue weighted by Gasteiger charge is 2.40. The minimum atomic E-state index is -3.53. The van der Waals surface area contributed by atoms with Gasteiger partial charge >= 0.3 is 0 Å². The predicted molar refractivity (Wildman–Crippen MR) is 77.1 cm³/mol. The van der Waals surface area contributed by atoms with E-state index in [0.717, 1.165) is 31.2 Å². The van der Waals surface area contributed by atoms with Crippen molar-refractivity contribution in [3.63, 3.8) is 0 Å². The summed E-state index contributed by atoms with van der Waals surface area (Å²) in [6.07, 6.45) is 6.72. The van der Waals surface area contributed by atoms with Gasteiger partial charge in [0.15, 0.2) is 0 Å². The van der Waals surface area contributed by atoms with E-state index in [2.05, 4.69) is 4.72 Å². The molecule has 0 heterocycles. The predicted octanol–water partition coefficient (Wildman–Crippen LogP) is 1.76. The van der Waals surface area contributed by atoms with E-state index in [1.54, 1.807) is 12.1 Å². The van der Waals surface area contributed by atoms with Crippen LogP contribution in [0, 0.1) is 0 Å². The van der Waals surface area contributed by atoms with Gasteiger partial charge in [-0.3, -0.25) is 0 Å². The Morgan fingerprint density at radius 2 is 1.80 bits per heavy atom. The van der Waals surface area contributed by atoms with Crippen molar-refractivity contribution in [1.29, 1.82) is 0 Å². The van der Waals surface area contributed by atoms with Gasteiger partial charge in [0.1, 0.15) is 0 Å². The van der Waals surface area contributed by atoms with E-state index in [0.29, 0.717) is 17.7 Å². The summed E-state index contributed by atoms with van der Waals surface area (Å²) in [4.78, 5) is 0.331. The Balaban J connectivity index is 1.87. The fourth-order valence-corrected chi connectivity index (χ4v) is 4.62. The lowest BCUT2D eigenvalue weighted by atomic mass is 9.78. The summed E-state index contributed by atoms with van der Waals surface area (Å²) >= 11 is 0. The lowest BCUT2D eigenvalue weighted by Gasteiger charge is -2.40. The van der Waals surface area contributed by atoms with Crippen molar-refractivity contribution in [2.75, 3.05) is 6.61 Å². The molecule has 20 heavy (non-hydrogen) atoms. The summed E-state index contributed by atoms with van der Waals surface area (Å²) in [6, 6.07) is 5.44. The zero-order chi connectivity index (χ0) is 14.2. The van der Waals surface area contributed by atoms with E-state index in [1.165, 1.54) is 12.0 Å². The molecule has 0 aromatic heterocycles. The van der Waals surface area contributed by atoms with Crippen LogP contribution in [0.2, 0.25) is 0 Å². The number of benzene rings is 1. The average Bonchev–Trinajstić information content (AvgIpc) is 2.42. The highest BCUT2D eigenvalue weighted by atomic mass is 32.2. The Kier molecular flexibility index (Phi) is 3.60. The molecule has 0 amide bonds. The Bertz CT molecular complexity index is 600. The van der Waals surface area contributed by atoms with Crippen molar-refractivity contribution in [1.82, 2.24) is 4.72 Å².